The molecule has 2 N–H and O–H groups in total. The number of nitrogens with zero attached hydrogens (tertiary/aromatic N) is 2. The lowest BCUT2D eigenvalue weighted by Crippen LogP contribution is -2.36. The lowest BCUT2D eigenvalue weighted by Gasteiger charge is -2.33. The molecule has 0 spiro atoms. The van der Waals surface area contributed by atoms with Crippen molar-refractivity contribution in [2.75, 3.05) is 5.32 Å². The van der Waals surface area contributed by atoms with Crippen molar-refractivity contribution < 1.29 is 14.6 Å². The van der Waals surface area contributed by atoms with Crippen LogP contribution in [0.4, 0.5) is 5.69 Å². The number of aromatic nitrogens is 2. The van der Waals surface area contributed by atoms with Crippen molar-refractivity contribution in [1.29, 1.82) is 0 Å². The molecule has 1 saturated heterocycles. The number of carboxylic acids is 1. The molecule has 0 amide bonds. The van der Waals surface area contributed by atoms with Gasteiger partial charge < -0.3 is 15.2 Å². The number of fused-ring (bicyclic) bond motifs is 1. The van der Waals surface area contributed by atoms with Gasteiger partial charge in [0.2, 0.25) is 0 Å². The molecule has 0 saturated carbocycles. The minimum Gasteiger partial charge on any atom is -0.480 e. The van der Waals surface area contributed by atoms with Gasteiger partial charge >= 0.3 is 5.97 Å². The van der Waals surface area contributed by atoms with Crippen LogP contribution >= 0.6 is 0 Å². The first-order chi connectivity index (χ1) is 10.5. The summed E-state index contributed by atoms with van der Waals surface area (Å²) in [7, 11) is 0. The zero-order valence-corrected chi connectivity index (χ0v) is 12.8. The molecule has 0 bridgehead atoms. The number of carbonyl (C=O) groups is 1. The van der Waals surface area contributed by atoms with Crippen molar-refractivity contribution in [3.05, 3.63) is 24.4 Å². The number of anilines is 1. The summed E-state index contributed by atoms with van der Waals surface area (Å²) in [5.74, 6) is -0.893. The Morgan fingerprint density at radius 1 is 1.41 bits per heavy atom. The molecule has 1 fully saturated rings. The first-order valence-corrected chi connectivity index (χ1v) is 7.60. The van der Waals surface area contributed by atoms with Crippen LogP contribution in [-0.4, -0.2) is 39.1 Å². The fourth-order valence-corrected chi connectivity index (χ4v) is 3.17. The number of nitrogens with one attached hydrogen (secondary N) is 1. The molecule has 118 valence electrons. The molecule has 22 heavy (non-hydrogen) atoms. The molecule has 1 aliphatic heterocycles. The van der Waals surface area contributed by atoms with Gasteiger partial charge in [0.1, 0.15) is 6.54 Å². The van der Waals surface area contributed by atoms with Crippen LogP contribution in [0.15, 0.2) is 24.4 Å². The van der Waals surface area contributed by atoms with E-state index in [1.54, 1.807) is 6.20 Å². The molecule has 3 rings (SSSR count). The molecule has 0 aliphatic carbocycles. The third-order valence-corrected chi connectivity index (χ3v) is 4.00. The molecule has 1 aromatic heterocycles. The fraction of sp³-hybridized carbons (Fsp3) is 0.500. The van der Waals surface area contributed by atoms with Gasteiger partial charge in [-0.2, -0.15) is 5.10 Å². The molecule has 2 aromatic rings. The normalized spacial score (nSPS) is 25.3. The third-order valence-electron chi connectivity index (χ3n) is 4.00. The smallest absolute Gasteiger partial charge is 0.325 e. The highest BCUT2D eigenvalue weighted by atomic mass is 16.5. The number of benzene rings is 1. The van der Waals surface area contributed by atoms with Gasteiger partial charge in [-0.3, -0.25) is 9.48 Å². The van der Waals surface area contributed by atoms with Gasteiger partial charge in [0, 0.05) is 17.1 Å². The number of hydrogen-bond acceptors (Lipinski definition) is 4. The number of hydrogen-bond donors (Lipinski definition) is 2. The maximum Gasteiger partial charge on any atom is 0.325 e. The van der Waals surface area contributed by atoms with Gasteiger partial charge in [0.05, 0.1) is 23.9 Å². The Morgan fingerprint density at radius 2 is 2.14 bits per heavy atom. The van der Waals surface area contributed by atoms with E-state index in [0.29, 0.717) is 6.04 Å². The summed E-state index contributed by atoms with van der Waals surface area (Å²) in [6.07, 6.45) is 4.14. The van der Waals surface area contributed by atoms with E-state index in [-0.39, 0.29) is 18.8 Å². The molecule has 2 heterocycles. The highest BCUT2D eigenvalue weighted by molar-refractivity contribution is 5.83. The number of ether oxygens (including phenoxy) is 1. The fourth-order valence-electron chi connectivity index (χ4n) is 3.17. The molecular formula is C16H21N3O3. The van der Waals surface area contributed by atoms with Crippen molar-refractivity contribution >= 4 is 22.6 Å². The van der Waals surface area contributed by atoms with Crippen LogP contribution in [0.25, 0.3) is 10.9 Å². The second-order valence-corrected chi connectivity index (χ2v) is 6.04. The monoisotopic (exact) mass is 303 g/mol. The Kier molecular flexibility index (Phi) is 4.02. The minimum absolute atomic E-state index is 0.127. The van der Waals surface area contributed by atoms with Gasteiger partial charge in [-0.25, -0.2) is 0 Å². The minimum atomic E-state index is -0.893. The second-order valence-electron chi connectivity index (χ2n) is 6.04. The molecule has 6 heteroatoms. The van der Waals surface area contributed by atoms with Crippen LogP contribution in [0.5, 0.6) is 0 Å². The Hall–Kier alpha value is -2.08. The van der Waals surface area contributed by atoms with E-state index >= 15 is 0 Å². The van der Waals surface area contributed by atoms with E-state index in [9.17, 15) is 4.79 Å². The van der Waals surface area contributed by atoms with Crippen molar-refractivity contribution in [2.24, 2.45) is 0 Å². The Labute approximate surface area is 129 Å². The first kappa shape index (κ1) is 14.8. The molecular weight excluding hydrogens is 282 g/mol. The summed E-state index contributed by atoms with van der Waals surface area (Å²) in [4.78, 5) is 10.9. The number of carboxylic acid groups (broad SMARTS) is 1. The summed E-state index contributed by atoms with van der Waals surface area (Å²) in [5, 5.41) is 17.6. The Bertz CT molecular complexity index is 672. The average molecular weight is 303 g/mol. The highest BCUT2D eigenvalue weighted by Gasteiger charge is 2.24. The van der Waals surface area contributed by atoms with E-state index in [0.717, 1.165) is 29.4 Å². The second kappa shape index (κ2) is 5.96. The molecule has 3 atom stereocenters. The van der Waals surface area contributed by atoms with Gasteiger partial charge in [-0.1, -0.05) is 0 Å². The zero-order valence-electron chi connectivity index (χ0n) is 12.8. The topological polar surface area (TPSA) is 76.4 Å². The van der Waals surface area contributed by atoms with Crippen LogP contribution in [-0.2, 0) is 16.1 Å². The van der Waals surface area contributed by atoms with Crippen LogP contribution in [0, 0.1) is 0 Å². The Balaban J connectivity index is 1.80. The van der Waals surface area contributed by atoms with E-state index in [1.807, 2.05) is 18.2 Å². The number of aliphatic carboxylic acids is 1. The quantitative estimate of drug-likeness (QED) is 0.907. The van der Waals surface area contributed by atoms with Crippen molar-refractivity contribution in [3.63, 3.8) is 0 Å². The molecule has 1 aromatic carbocycles. The maximum atomic E-state index is 10.9. The predicted octanol–water partition coefficient (Wildman–Crippen LogP) is 2.49. The van der Waals surface area contributed by atoms with Crippen LogP contribution in [0.1, 0.15) is 26.7 Å². The number of rotatable bonds is 4. The SMILES string of the molecule is C[C@@H]1CC(Nc2ccc3cnn(CC(=O)O)c3c2)C[C@H](C)O1. The Morgan fingerprint density at radius 3 is 2.82 bits per heavy atom. The maximum absolute atomic E-state index is 10.9. The summed E-state index contributed by atoms with van der Waals surface area (Å²) in [6, 6.07) is 6.32. The lowest BCUT2D eigenvalue weighted by atomic mass is 9.99. The average Bonchev–Trinajstić information content (AvgIpc) is 2.79. The van der Waals surface area contributed by atoms with Gasteiger partial charge in [-0.05, 0) is 44.9 Å². The van der Waals surface area contributed by atoms with Crippen molar-refractivity contribution in [2.45, 2.75) is 51.5 Å². The summed E-state index contributed by atoms with van der Waals surface area (Å²) in [6.45, 7) is 4.06. The molecule has 1 aliphatic rings. The van der Waals surface area contributed by atoms with E-state index in [4.69, 9.17) is 9.84 Å². The van der Waals surface area contributed by atoms with E-state index in [2.05, 4.69) is 24.3 Å². The summed E-state index contributed by atoms with van der Waals surface area (Å²) < 4.78 is 7.27. The largest absolute Gasteiger partial charge is 0.480 e. The van der Waals surface area contributed by atoms with Gasteiger partial charge in [0.25, 0.3) is 0 Å². The van der Waals surface area contributed by atoms with Crippen LogP contribution in [0.3, 0.4) is 0 Å². The van der Waals surface area contributed by atoms with Crippen molar-refractivity contribution in [1.82, 2.24) is 9.78 Å². The van der Waals surface area contributed by atoms with E-state index < -0.39 is 5.97 Å². The van der Waals surface area contributed by atoms with Crippen LogP contribution in [0.2, 0.25) is 0 Å². The van der Waals surface area contributed by atoms with Crippen LogP contribution < -0.4 is 5.32 Å². The zero-order chi connectivity index (χ0) is 15.7. The third kappa shape index (κ3) is 3.22. The lowest BCUT2D eigenvalue weighted by molar-refractivity contribution is -0.137. The molecule has 1 unspecified atom stereocenters. The predicted molar refractivity (Wildman–Crippen MR) is 84.0 cm³/mol. The van der Waals surface area contributed by atoms with Crippen molar-refractivity contribution in [3.8, 4) is 0 Å². The highest BCUT2D eigenvalue weighted by Crippen LogP contribution is 2.25. The van der Waals surface area contributed by atoms with Gasteiger partial charge in [-0.15, -0.1) is 0 Å². The summed E-state index contributed by atoms with van der Waals surface area (Å²) >= 11 is 0. The molecule has 0 radical (unpaired) electrons. The van der Waals surface area contributed by atoms with E-state index in [1.165, 1.54) is 4.68 Å². The standard InChI is InChI=1S/C16H21N3O3/c1-10-5-14(6-11(2)22-10)18-13-4-3-12-8-17-19(9-16(20)21)15(12)7-13/h3-4,7-8,10-11,14,18H,5-6,9H2,1-2H3,(H,20,21)/t10-,11+,14?. The molecule has 6 nitrogen and oxygen atoms in total. The first-order valence-electron chi connectivity index (χ1n) is 7.60. The summed E-state index contributed by atoms with van der Waals surface area (Å²) in [5.41, 5.74) is 1.83. The van der Waals surface area contributed by atoms with Gasteiger partial charge in [0.15, 0.2) is 0 Å².